The van der Waals surface area contributed by atoms with Crippen molar-refractivity contribution in [2.24, 2.45) is 0 Å². The number of para-hydroxylation sites is 1. The van der Waals surface area contributed by atoms with E-state index in [2.05, 4.69) is 4.98 Å². The van der Waals surface area contributed by atoms with Gasteiger partial charge < -0.3 is 10.5 Å². The summed E-state index contributed by atoms with van der Waals surface area (Å²) in [7, 11) is 1.59. The van der Waals surface area contributed by atoms with E-state index in [9.17, 15) is 4.39 Å². The minimum atomic E-state index is -0.321. The first-order chi connectivity index (χ1) is 9.72. The third-order valence-corrected chi connectivity index (χ3v) is 3.18. The van der Waals surface area contributed by atoms with E-state index in [-0.39, 0.29) is 12.5 Å². The Hall–Kier alpha value is -2.40. The molecule has 1 aromatic heterocycles. The zero-order chi connectivity index (χ0) is 14.1. The zero-order valence-electron chi connectivity index (χ0n) is 11.0. The van der Waals surface area contributed by atoms with E-state index in [1.54, 1.807) is 31.4 Å². The number of rotatable bonds is 3. The second-order valence-electron chi connectivity index (χ2n) is 4.48. The van der Waals surface area contributed by atoms with E-state index in [1.165, 1.54) is 6.07 Å². The van der Waals surface area contributed by atoms with Gasteiger partial charge in [0.2, 0.25) is 0 Å². The van der Waals surface area contributed by atoms with E-state index >= 15 is 0 Å². The van der Waals surface area contributed by atoms with Gasteiger partial charge in [0, 0.05) is 7.11 Å². The summed E-state index contributed by atoms with van der Waals surface area (Å²) in [4.78, 5) is 4.48. The van der Waals surface area contributed by atoms with E-state index in [4.69, 9.17) is 10.5 Å². The SMILES string of the molecule is COCn1c(-c2ccccc2F)nc2c(N)cccc21. The van der Waals surface area contributed by atoms with Gasteiger partial charge in [0.05, 0.1) is 16.8 Å². The quantitative estimate of drug-likeness (QED) is 0.745. The first-order valence-corrected chi connectivity index (χ1v) is 6.21. The molecule has 0 atom stereocenters. The summed E-state index contributed by atoms with van der Waals surface area (Å²) >= 11 is 0. The molecule has 102 valence electrons. The molecule has 20 heavy (non-hydrogen) atoms. The average Bonchev–Trinajstić information content (AvgIpc) is 2.80. The number of nitrogens with two attached hydrogens (primary N) is 1. The maximum Gasteiger partial charge on any atom is 0.146 e. The number of benzene rings is 2. The second-order valence-corrected chi connectivity index (χ2v) is 4.48. The number of aromatic nitrogens is 2. The number of fused-ring (bicyclic) bond motifs is 1. The maximum absolute atomic E-state index is 14.0. The molecule has 0 radical (unpaired) electrons. The summed E-state index contributed by atoms with van der Waals surface area (Å²) in [5.41, 5.74) is 8.42. The molecular weight excluding hydrogens is 257 g/mol. The van der Waals surface area contributed by atoms with Gasteiger partial charge in [-0.25, -0.2) is 9.37 Å². The normalized spacial score (nSPS) is 11.1. The lowest BCUT2D eigenvalue weighted by Crippen LogP contribution is -2.03. The van der Waals surface area contributed by atoms with Crippen molar-refractivity contribution in [2.75, 3.05) is 12.8 Å². The number of anilines is 1. The van der Waals surface area contributed by atoms with Crippen LogP contribution in [0.25, 0.3) is 22.4 Å². The Bertz CT molecular complexity index is 767. The predicted molar refractivity (Wildman–Crippen MR) is 76.5 cm³/mol. The minimum absolute atomic E-state index is 0.281. The average molecular weight is 271 g/mol. The molecule has 0 bridgehead atoms. The molecule has 0 spiro atoms. The van der Waals surface area contributed by atoms with Gasteiger partial charge in [-0.15, -0.1) is 0 Å². The molecule has 0 saturated heterocycles. The Labute approximate surface area is 115 Å². The van der Waals surface area contributed by atoms with Crippen LogP contribution in [0.2, 0.25) is 0 Å². The van der Waals surface area contributed by atoms with Crippen molar-refractivity contribution < 1.29 is 9.13 Å². The maximum atomic E-state index is 14.0. The van der Waals surface area contributed by atoms with E-state index in [1.807, 2.05) is 16.7 Å². The smallest absolute Gasteiger partial charge is 0.146 e. The molecule has 0 aliphatic carbocycles. The molecule has 5 heteroatoms. The molecule has 1 heterocycles. The van der Waals surface area contributed by atoms with E-state index < -0.39 is 0 Å². The van der Waals surface area contributed by atoms with Crippen molar-refractivity contribution in [2.45, 2.75) is 6.73 Å². The number of imidazole rings is 1. The van der Waals surface area contributed by atoms with Crippen LogP contribution in [0, 0.1) is 5.82 Å². The molecule has 0 fully saturated rings. The van der Waals surface area contributed by atoms with Crippen LogP contribution in [-0.4, -0.2) is 16.7 Å². The number of methoxy groups -OCH3 is 1. The molecule has 4 nitrogen and oxygen atoms in total. The fourth-order valence-electron chi connectivity index (χ4n) is 2.28. The van der Waals surface area contributed by atoms with Gasteiger partial charge in [-0.3, -0.25) is 4.57 Å². The molecule has 0 saturated carbocycles. The molecule has 3 rings (SSSR count). The summed E-state index contributed by atoms with van der Waals surface area (Å²) in [6.07, 6.45) is 0. The highest BCUT2D eigenvalue weighted by molar-refractivity contribution is 5.90. The highest BCUT2D eigenvalue weighted by Gasteiger charge is 2.16. The second kappa shape index (κ2) is 4.94. The van der Waals surface area contributed by atoms with Gasteiger partial charge in [-0.1, -0.05) is 18.2 Å². The Morgan fingerprint density at radius 3 is 2.75 bits per heavy atom. The highest BCUT2D eigenvalue weighted by Crippen LogP contribution is 2.29. The summed E-state index contributed by atoms with van der Waals surface area (Å²) < 4.78 is 21.0. The van der Waals surface area contributed by atoms with Gasteiger partial charge >= 0.3 is 0 Å². The molecule has 0 aliphatic rings. The summed E-state index contributed by atoms with van der Waals surface area (Å²) in [6.45, 7) is 0.281. The monoisotopic (exact) mass is 271 g/mol. The Kier molecular flexibility index (Phi) is 3.12. The predicted octanol–water partition coefficient (Wildman–Crippen LogP) is 3.03. The zero-order valence-corrected chi connectivity index (χ0v) is 11.0. The van der Waals surface area contributed by atoms with Gasteiger partial charge in [0.15, 0.2) is 0 Å². The van der Waals surface area contributed by atoms with Crippen LogP contribution in [0.3, 0.4) is 0 Å². The summed E-state index contributed by atoms with van der Waals surface area (Å²) in [5.74, 6) is 0.191. The minimum Gasteiger partial charge on any atom is -0.397 e. The molecule has 0 unspecified atom stereocenters. The highest BCUT2D eigenvalue weighted by atomic mass is 19.1. The molecule has 2 N–H and O–H groups in total. The van der Waals surface area contributed by atoms with Crippen molar-refractivity contribution >= 4 is 16.7 Å². The van der Waals surface area contributed by atoms with Crippen LogP contribution < -0.4 is 5.73 Å². The largest absolute Gasteiger partial charge is 0.397 e. The number of nitrogens with zero attached hydrogens (tertiary/aromatic N) is 2. The van der Waals surface area contributed by atoms with Gasteiger partial charge in [-0.05, 0) is 24.3 Å². The van der Waals surface area contributed by atoms with E-state index in [0.29, 0.717) is 22.6 Å². The first kappa shape index (κ1) is 12.6. The molecular formula is C15H14FN3O. The fraction of sp³-hybridized carbons (Fsp3) is 0.133. The summed E-state index contributed by atoms with van der Waals surface area (Å²) in [5, 5.41) is 0. The van der Waals surface area contributed by atoms with Crippen molar-refractivity contribution in [1.82, 2.24) is 9.55 Å². The number of ether oxygens (including phenoxy) is 1. The molecule has 3 aromatic rings. The Morgan fingerprint density at radius 2 is 2.00 bits per heavy atom. The lowest BCUT2D eigenvalue weighted by atomic mass is 10.2. The number of nitrogen functional groups attached to an aromatic ring is 1. The van der Waals surface area contributed by atoms with Crippen LogP contribution in [-0.2, 0) is 11.5 Å². The van der Waals surface area contributed by atoms with Crippen molar-refractivity contribution in [3.05, 3.63) is 48.3 Å². The van der Waals surface area contributed by atoms with Crippen LogP contribution in [0.1, 0.15) is 0 Å². The number of halogens is 1. The third-order valence-electron chi connectivity index (χ3n) is 3.18. The Morgan fingerprint density at radius 1 is 1.20 bits per heavy atom. The van der Waals surface area contributed by atoms with Crippen molar-refractivity contribution in [3.8, 4) is 11.4 Å². The van der Waals surface area contributed by atoms with E-state index in [0.717, 1.165) is 5.52 Å². The molecule has 0 aliphatic heterocycles. The lowest BCUT2D eigenvalue weighted by Gasteiger charge is -2.08. The Balaban J connectivity index is 2.32. The van der Waals surface area contributed by atoms with Crippen molar-refractivity contribution in [3.63, 3.8) is 0 Å². The van der Waals surface area contributed by atoms with Crippen LogP contribution in [0.4, 0.5) is 10.1 Å². The third kappa shape index (κ3) is 1.92. The van der Waals surface area contributed by atoms with Crippen LogP contribution in [0.5, 0.6) is 0 Å². The van der Waals surface area contributed by atoms with Crippen molar-refractivity contribution in [1.29, 1.82) is 0 Å². The van der Waals surface area contributed by atoms with Crippen LogP contribution >= 0.6 is 0 Å². The van der Waals surface area contributed by atoms with Gasteiger partial charge in [0.25, 0.3) is 0 Å². The first-order valence-electron chi connectivity index (χ1n) is 6.21. The fourth-order valence-corrected chi connectivity index (χ4v) is 2.28. The molecule has 2 aromatic carbocycles. The van der Waals surface area contributed by atoms with Crippen LogP contribution in [0.15, 0.2) is 42.5 Å². The number of hydrogen-bond acceptors (Lipinski definition) is 3. The van der Waals surface area contributed by atoms with Gasteiger partial charge in [0.1, 0.15) is 23.9 Å². The number of hydrogen-bond donors (Lipinski definition) is 1. The lowest BCUT2D eigenvalue weighted by molar-refractivity contribution is 0.135. The topological polar surface area (TPSA) is 53.1 Å². The van der Waals surface area contributed by atoms with Gasteiger partial charge in [-0.2, -0.15) is 0 Å². The summed E-state index contributed by atoms with van der Waals surface area (Å²) in [6, 6.07) is 12.0. The standard InChI is InChI=1S/C15H14FN3O/c1-20-9-19-13-8-4-7-12(17)14(13)18-15(19)10-5-2-3-6-11(10)16/h2-8H,9,17H2,1H3. The molecule has 0 amide bonds.